The predicted octanol–water partition coefficient (Wildman–Crippen LogP) is -0.0124. The molecule has 0 aliphatic carbocycles. The summed E-state index contributed by atoms with van der Waals surface area (Å²) in [5.74, 6) is -0.360. The van der Waals surface area contributed by atoms with Crippen molar-refractivity contribution in [2.24, 2.45) is 5.73 Å². The highest BCUT2D eigenvalue weighted by Gasteiger charge is 2.33. The zero-order chi connectivity index (χ0) is 12.2. The molecule has 1 unspecified atom stereocenters. The first kappa shape index (κ1) is 13.4. The Kier molecular flexibility index (Phi) is 4.70. The van der Waals surface area contributed by atoms with Crippen molar-refractivity contribution in [3.8, 4) is 0 Å². The first-order valence-corrected chi connectivity index (χ1v) is 5.62. The summed E-state index contributed by atoms with van der Waals surface area (Å²) in [5.41, 5.74) is 5.00. The molecule has 1 atom stereocenters. The molecule has 1 aliphatic heterocycles. The molecule has 1 heterocycles. The van der Waals surface area contributed by atoms with Crippen LogP contribution in [0.2, 0.25) is 0 Å². The minimum Gasteiger partial charge on any atom is -0.468 e. The van der Waals surface area contributed by atoms with E-state index in [2.05, 4.69) is 9.64 Å². The van der Waals surface area contributed by atoms with E-state index >= 15 is 0 Å². The lowest BCUT2D eigenvalue weighted by Gasteiger charge is -2.35. The number of nitrogens with two attached hydrogens (primary N) is 1. The maximum absolute atomic E-state index is 11.4. The Morgan fingerprint density at radius 3 is 2.44 bits per heavy atom. The highest BCUT2D eigenvalue weighted by molar-refractivity contribution is 5.80. The van der Waals surface area contributed by atoms with Crippen molar-refractivity contribution in [1.82, 2.24) is 4.90 Å². The summed E-state index contributed by atoms with van der Waals surface area (Å²) < 4.78 is 9.97. The Hall–Kier alpha value is -0.650. The average molecular weight is 230 g/mol. The minimum absolute atomic E-state index is 0.346. The van der Waals surface area contributed by atoms with E-state index in [4.69, 9.17) is 10.5 Å². The molecule has 94 valence electrons. The van der Waals surface area contributed by atoms with E-state index in [-0.39, 0.29) is 5.97 Å². The molecule has 1 fully saturated rings. The molecule has 0 amide bonds. The van der Waals surface area contributed by atoms with Crippen LogP contribution in [-0.4, -0.2) is 56.4 Å². The Labute approximate surface area is 96.9 Å². The van der Waals surface area contributed by atoms with Crippen molar-refractivity contribution in [3.63, 3.8) is 0 Å². The fourth-order valence-corrected chi connectivity index (χ4v) is 2.07. The quantitative estimate of drug-likeness (QED) is 0.688. The first-order chi connectivity index (χ1) is 7.49. The van der Waals surface area contributed by atoms with Crippen molar-refractivity contribution < 1.29 is 14.3 Å². The summed E-state index contributed by atoms with van der Waals surface area (Å²) in [5, 5.41) is 0. The molecular weight excluding hydrogens is 208 g/mol. The number of rotatable bonds is 4. The third kappa shape index (κ3) is 3.43. The van der Waals surface area contributed by atoms with Gasteiger partial charge in [-0.25, -0.2) is 0 Å². The summed E-state index contributed by atoms with van der Waals surface area (Å²) >= 11 is 0. The zero-order valence-electron chi connectivity index (χ0n) is 10.4. The Bertz CT molecular complexity index is 235. The highest BCUT2D eigenvalue weighted by atomic mass is 16.5. The third-order valence-electron chi connectivity index (χ3n) is 3.07. The number of likely N-dealkylation sites (tertiary alicyclic amines) is 1. The number of carbonyl (C=O) groups excluding carboxylic acids is 1. The van der Waals surface area contributed by atoms with Gasteiger partial charge in [0.05, 0.1) is 13.2 Å². The summed E-state index contributed by atoms with van der Waals surface area (Å²) in [6, 6.07) is 0. The van der Waals surface area contributed by atoms with Crippen LogP contribution in [0.3, 0.4) is 0 Å². The van der Waals surface area contributed by atoms with Gasteiger partial charge in [0.2, 0.25) is 0 Å². The summed E-state index contributed by atoms with van der Waals surface area (Å²) in [6.45, 7) is 4.09. The van der Waals surface area contributed by atoms with E-state index in [0.717, 1.165) is 25.9 Å². The van der Waals surface area contributed by atoms with Crippen LogP contribution in [0, 0.1) is 0 Å². The number of carbonyl (C=O) groups is 1. The number of ether oxygens (including phenoxy) is 2. The van der Waals surface area contributed by atoms with Crippen molar-refractivity contribution in [2.45, 2.75) is 31.4 Å². The molecule has 5 heteroatoms. The number of piperidine rings is 1. The second kappa shape index (κ2) is 5.61. The number of methoxy groups -OCH3 is 2. The molecule has 0 aromatic carbocycles. The van der Waals surface area contributed by atoms with Crippen LogP contribution in [-0.2, 0) is 14.3 Å². The third-order valence-corrected chi connectivity index (χ3v) is 3.07. The second-order valence-corrected chi connectivity index (χ2v) is 4.62. The number of hydrogen-bond donors (Lipinski definition) is 1. The first-order valence-electron chi connectivity index (χ1n) is 5.62. The van der Waals surface area contributed by atoms with Crippen molar-refractivity contribution in [1.29, 1.82) is 0 Å². The van der Waals surface area contributed by atoms with Crippen molar-refractivity contribution in [2.75, 3.05) is 33.9 Å². The van der Waals surface area contributed by atoms with Gasteiger partial charge in [0.1, 0.15) is 5.54 Å². The Balaban J connectivity index is 2.41. The molecule has 0 bridgehead atoms. The Morgan fingerprint density at radius 1 is 1.44 bits per heavy atom. The predicted molar refractivity (Wildman–Crippen MR) is 61.1 cm³/mol. The molecule has 0 saturated carbocycles. The molecule has 0 aromatic heterocycles. The van der Waals surface area contributed by atoms with Crippen LogP contribution < -0.4 is 5.73 Å². The molecule has 1 saturated heterocycles. The monoisotopic (exact) mass is 230 g/mol. The molecule has 1 aliphatic rings. The lowest BCUT2D eigenvalue weighted by Crippen LogP contribution is -2.55. The molecule has 2 N–H and O–H groups in total. The molecule has 5 nitrogen and oxygen atoms in total. The summed E-state index contributed by atoms with van der Waals surface area (Å²) in [4.78, 5) is 13.6. The largest absolute Gasteiger partial charge is 0.468 e. The number of esters is 1. The smallest absolute Gasteiger partial charge is 0.326 e. The van der Waals surface area contributed by atoms with Gasteiger partial charge in [-0.1, -0.05) is 0 Å². The van der Waals surface area contributed by atoms with Crippen LogP contribution in [0.15, 0.2) is 0 Å². The van der Waals surface area contributed by atoms with Crippen LogP contribution in [0.4, 0.5) is 0 Å². The van der Waals surface area contributed by atoms with Gasteiger partial charge in [-0.2, -0.15) is 0 Å². The summed E-state index contributed by atoms with van der Waals surface area (Å²) in [7, 11) is 3.10. The fourth-order valence-electron chi connectivity index (χ4n) is 2.07. The molecule has 0 aromatic rings. The van der Waals surface area contributed by atoms with Gasteiger partial charge in [0.15, 0.2) is 0 Å². The van der Waals surface area contributed by atoms with Gasteiger partial charge >= 0.3 is 5.97 Å². The van der Waals surface area contributed by atoms with E-state index in [1.807, 2.05) is 0 Å². The normalized spacial score (nSPS) is 22.8. The standard InChI is InChI=1S/C11H22N2O3/c1-11(12,10(14)16-3)8-13-6-4-9(15-2)5-7-13/h9H,4-8,12H2,1-3H3. The van der Waals surface area contributed by atoms with E-state index in [1.54, 1.807) is 14.0 Å². The molecule has 0 spiro atoms. The summed E-state index contributed by atoms with van der Waals surface area (Å²) in [6.07, 6.45) is 2.33. The highest BCUT2D eigenvalue weighted by Crippen LogP contribution is 2.15. The van der Waals surface area contributed by atoms with Crippen LogP contribution in [0.1, 0.15) is 19.8 Å². The van der Waals surface area contributed by atoms with E-state index < -0.39 is 5.54 Å². The van der Waals surface area contributed by atoms with Crippen molar-refractivity contribution >= 4 is 5.97 Å². The second-order valence-electron chi connectivity index (χ2n) is 4.62. The van der Waals surface area contributed by atoms with E-state index in [0.29, 0.717) is 12.6 Å². The van der Waals surface area contributed by atoms with Gasteiger partial charge in [0.25, 0.3) is 0 Å². The fraction of sp³-hybridized carbons (Fsp3) is 0.909. The molecule has 1 rings (SSSR count). The van der Waals surface area contributed by atoms with Gasteiger partial charge in [-0.05, 0) is 19.8 Å². The lowest BCUT2D eigenvalue weighted by molar-refractivity contribution is -0.147. The molecule has 0 radical (unpaired) electrons. The van der Waals surface area contributed by atoms with Gasteiger partial charge < -0.3 is 20.1 Å². The van der Waals surface area contributed by atoms with Crippen LogP contribution in [0.5, 0.6) is 0 Å². The lowest BCUT2D eigenvalue weighted by atomic mass is 10.0. The minimum atomic E-state index is -0.922. The average Bonchev–Trinajstić information content (AvgIpc) is 2.28. The maximum Gasteiger partial charge on any atom is 0.326 e. The van der Waals surface area contributed by atoms with E-state index in [1.165, 1.54) is 7.11 Å². The SMILES string of the molecule is COC(=O)C(C)(N)CN1CCC(OC)CC1. The van der Waals surface area contributed by atoms with E-state index in [9.17, 15) is 4.79 Å². The zero-order valence-corrected chi connectivity index (χ0v) is 10.4. The molecular formula is C11H22N2O3. The topological polar surface area (TPSA) is 64.8 Å². The number of nitrogens with zero attached hydrogens (tertiary/aromatic N) is 1. The Morgan fingerprint density at radius 2 is 2.00 bits per heavy atom. The molecule has 16 heavy (non-hydrogen) atoms. The van der Waals surface area contributed by atoms with Crippen molar-refractivity contribution in [3.05, 3.63) is 0 Å². The van der Waals surface area contributed by atoms with Gasteiger partial charge in [0, 0.05) is 26.7 Å². The van der Waals surface area contributed by atoms with Crippen LogP contribution >= 0.6 is 0 Å². The van der Waals surface area contributed by atoms with Gasteiger partial charge in [-0.15, -0.1) is 0 Å². The maximum atomic E-state index is 11.4. The van der Waals surface area contributed by atoms with Gasteiger partial charge in [-0.3, -0.25) is 4.79 Å². The number of hydrogen-bond acceptors (Lipinski definition) is 5. The van der Waals surface area contributed by atoms with Crippen LogP contribution in [0.25, 0.3) is 0 Å².